The van der Waals surface area contributed by atoms with E-state index in [9.17, 15) is 19.7 Å². The number of anilines is 1. The molecule has 0 aliphatic carbocycles. The van der Waals surface area contributed by atoms with Crippen LogP contribution in [-0.2, 0) is 9.59 Å². The number of nitrogens with two attached hydrogens (primary N) is 1. The number of ether oxygens (including phenoxy) is 1. The van der Waals surface area contributed by atoms with E-state index in [4.69, 9.17) is 10.5 Å². The van der Waals surface area contributed by atoms with Crippen LogP contribution in [0.1, 0.15) is 6.42 Å². The van der Waals surface area contributed by atoms with Gasteiger partial charge in [0.05, 0.1) is 29.7 Å². The second-order valence-corrected chi connectivity index (χ2v) is 5.21. The van der Waals surface area contributed by atoms with Gasteiger partial charge in [-0.3, -0.25) is 19.7 Å². The van der Waals surface area contributed by atoms with Crippen molar-refractivity contribution in [1.29, 1.82) is 0 Å². The van der Waals surface area contributed by atoms with E-state index in [0.717, 1.165) is 0 Å². The Hall–Kier alpha value is -2.84. The first-order valence-electron chi connectivity index (χ1n) is 7.05. The monoisotopic (exact) mass is 322 g/mol. The van der Waals surface area contributed by atoms with Gasteiger partial charge in [-0.05, 0) is 6.07 Å². The van der Waals surface area contributed by atoms with E-state index in [-0.39, 0.29) is 18.0 Å². The smallest absolute Gasteiger partial charge is 0.273 e. The van der Waals surface area contributed by atoms with Gasteiger partial charge >= 0.3 is 0 Å². The molecule has 1 atom stereocenters. The van der Waals surface area contributed by atoms with Gasteiger partial charge in [0.25, 0.3) is 5.69 Å². The van der Waals surface area contributed by atoms with Crippen molar-refractivity contribution in [3.63, 3.8) is 0 Å². The van der Waals surface area contributed by atoms with Gasteiger partial charge in [-0.2, -0.15) is 0 Å². The summed E-state index contributed by atoms with van der Waals surface area (Å²) in [4.78, 5) is 34.7. The Morgan fingerprint density at radius 3 is 2.87 bits per heavy atom. The number of non-ortho nitro benzene ring substituents is 1. The molecule has 9 nitrogen and oxygen atoms in total. The van der Waals surface area contributed by atoms with Crippen molar-refractivity contribution in [2.24, 2.45) is 11.7 Å². The molecule has 1 saturated heterocycles. The molecule has 0 saturated carbocycles. The van der Waals surface area contributed by atoms with E-state index in [1.807, 2.05) is 0 Å². The Bertz CT molecular complexity index is 634. The molecule has 0 radical (unpaired) electrons. The lowest BCUT2D eigenvalue weighted by Gasteiger charge is -2.17. The van der Waals surface area contributed by atoms with Gasteiger partial charge in [0.1, 0.15) is 5.75 Å². The van der Waals surface area contributed by atoms with Crippen molar-refractivity contribution < 1.29 is 19.2 Å². The highest BCUT2D eigenvalue weighted by Crippen LogP contribution is 2.28. The van der Waals surface area contributed by atoms with Gasteiger partial charge in [0, 0.05) is 32.1 Å². The van der Waals surface area contributed by atoms with Gasteiger partial charge < -0.3 is 20.7 Å². The van der Waals surface area contributed by atoms with Crippen molar-refractivity contribution in [1.82, 2.24) is 4.90 Å². The number of nitro groups is 1. The van der Waals surface area contributed by atoms with E-state index >= 15 is 0 Å². The lowest BCUT2D eigenvalue weighted by Crippen LogP contribution is -2.32. The summed E-state index contributed by atoms with van der Waals surface area (Å²) in [5.41, 5.74) is 5.74. The molecule has 1 heterocycles. The lowest BCUT2D eigenvalue weighted by molar-refractivity contribution is -0.384. The van der Waals surface area contributed by atoms with Crippen molar-refractivity contribution in [2.75, 3.05) is 32.1 Å². The highest BCUT2D eigenvalue weighted by atomic mass is 16.6. The predicted molar refractivity (Wildman–Crippen MR) is 82.0 cm³/mol. The third-order valence-corrected chi connectivity index (χ3v) is 3.71. The second-order valence-electron chi connectivity index (χ2n) is 5.21. The Morgan fingerprint density at radius 1 is 1.57 bits per heavy atom. The Kier molecular flexibility index (Phi) is 4.99. The fourth-order valence-corrected chi connectivity index (χ4v) is 2.44. The van der Waals surface area contributed by atoms with Gasteiger partial charge in [0.15, 0.2) is 0 Å². The van der Waals surface area contributed by atoms with Crippen LogP contribution in [0.25, 0.3) is 0 Å². The zero-order valence-electron chi connectivity index (χ0n) is 12.7. The van der Waals surface area contributed by atoms with Crippen LogP contribution in [0.5, 0.6) is 5.75 Å². The van der Waals surface area contributed by atoms with Crippen molar-refractivity contribution >= 4 is 23.2 Å². The highest BCUT2D eigenvalue weighted by Gasteiger charge is 2.32. The molecule has 1 aliphatic heterocycles. The third kappa shape index (κ3) is 3.87. The van der Waals surface area contributed by atoms with E-state index in [1.165, 1.54) is 19.2 Å². The normalized spacial score (nSPS) is 17.2. The summed E-state index contributed by atoms with van der Waals surface area (Å²) >= 11 is 0. The highest BCUT2D eigenvalue weighted by molar-refractivity contribution is 5.88. The predicted octanol–water partition coefficient (Wildman–Crippen LogP) is 0.349. The van der Waals surface area contributed by atoms with Crippen LogP contribution in [0, 0.1) is 16.0 Å². The fourth-order valence-electron chi connectivity index (χ4n) is 2.44. The quantitative estimate of drug-likeness (QED) is 0.550. The van der Waals surface area contributed by atoms with E-state index in [2.05, 4.69) is 5.32 Å². The first-order valence-corrected chi connectivity index (χ1v) is 7.05. The molecule has 0 aromatic heterocycles. The summed E-state index contributed by atoms with van der Waals surface area (Å²) in [5, 5.41) is 13.8. The summed E-state index contributed by atoms with van der Waals surface area (Å²) < 4.78 is 5.12. The fraction of sp³-hybridized carbons (Fsp3) is 0.429. The number of carbonyl (C=O) groups excluding carboxylic acids is 2. The summed E-state index contributed by atoms with van der Waals surface area (Å²) in [6, 6.07) is 4.25. The van der Waals surface area contributed by atoms with Crippen molar-refractivity contribution in [3.05, 3.63) is 28.3 Å². The molecule has 1 aromatic carbocycles. The number of nitrogens with one attached hydrogen (secondary N) is 1. The minimum Gasteiger partial charge on any atom is -0.494 e. The summed E-state index contributed by atoms with van der Waals surface area (Å²) in [6.45, 7) is 1.15. The van der Waals surface area contributed by atoms with Crippen LogP contribution in [0.4, 0.5) is 11.4 Å². The Morgan fingerprint density at radius 2 is 2.30 bits per heavy atom. The SMILES string of the molecule is COc1cc([N+](=O)[O-])ccc1NCCN1C[C@@H](C(N)=O)CC1=O. The number of primary amides is 1. The van der Waals surface area contributed by atoms with E-state index in [0.29, 0.717) is 31.1 Å². The molecule has 0 unspecified atom stereocenters. The maximum Gasteiger partial charge on any atom is 0.273 e. The van der Waals surface area contributed by atoms with Crippen LogP contribution in [0.2, 0.25) is 0 Å². The average molecular weight is 322 g/mol. The maximum absolute atomic E-state index is 11.8. The lowest BCUT2D eigenvalue weighted by atomic mass is 10.1. The molecule has 1 aromatic rings. The number of carbonyl (C=O) groups is 2. The van der Waals surface area contributed by atoms with Gasteiger partial charge in [-0.25, -0.2) is 0 Å². The number of methoxy groups -OCH3 is 1. The van der Waals surface area contributed by atoms with Gasteiger partial charge in [0.2, 0.25) is 11.8 Å². The molecule has 23 heavy (non-hydrogen) atoms. The van der Waals surface area contributed by atoms with Crippen molar-refractivity contribution in [3.8, 4) is 5.75 Å². The van der Waals surface area contributed by atoms with Crippen molar-refractivity contribution in [2.45, 2.75) is 6.42 Å². The molecular formula is C14H18N4O5. The Labute approximate surface area is 132 Å². The molecule has 0 bridgehead atoms. The number of rotatable bonds is 7. The number of likely N-dealkylation sites (tertiary alicyclic amines) is 1. The molecule has 0 spiro atoms. The molecular weight excluding hydrogens is 304 g/mol. The molecule has 1 fully saturated rings. The molecule has 2 amide bonds. The van der Waals surface area contributed by atoms with Crippen LogP contribution >= 0.6 is 0 Å². The standard InChI is InChI=1S/C14H18N4O5/c1-23-12-7-10(18(21)22)2-3-11(12)16-4-5-17-8-9(14(15)20)6-13(17)19/h2-3,7,9,16H,4-6,8H2,1H3,(H2,15,20)/t9-/m0/s1. The third-order valence-electron chi connectivity index (χ3n) is 3.71. The number of benzene rings is 1. The summed E-state index contributed by atoms with van der Waals surface area (Å²) in [5.74, 6) is -0.657. The Balaban J connectivity index is 1.93. The first kappa shape index (κ1) is 16.5. The number of nitrogens with zero attached hydrogens (tertiary/aromatic N) is 2. The largest absolute Gasteiger partial charge is 0.494 e. The second kappa shape index (κ2) is 6.95. The summed E-state index contributed by atoms with van der Waals surface area (Å²) in [7, 11) is 1.42. The van der Waals surface area contributed by atoms with Crippen LogP contribution in [-0.4, -0.2) is 48.4 Å². The van der Waals surface area contributed by atoms with Gasteiger partial charge in [-0.15, -0.1) is 0 Å². The minimum absolute atomic E-state index is 0.0635. The van der Waals surface area contributed by atoms with Crippen LogP contribution in [0.15, 0.2) is 18.2 Å². The molecule has 2 rings (SSSR count). The number of hydrogen-bond donors (Lipinski definition) is 2. The van der Waals surface area contributed by atoms with E-state index < -0.39 is 16.7 Å². The molecule has 1 aliphatic rings. The van der Waals surface area contributed by atoms with Gasteiger partial charge in [-0.1, -0.05) is 0 Å². The van der Waals surface area contributed by atoms with E-state index in [1.54, 1.807) is 11.0 Å². The molecule has 3 N–H and O–H groups in total. The average Bonchev–Trinajstić information content (AvgIpc) is 2.89. The topological polar surface area (TPSA) is 128 Å². The zero-order valence-corrected chi connectivity index (χ0v) is 12.7. The van der Waals surface area contributed by atoms with Crippen LogP contribution in [0.3, 0.4) is 0 Å². The molecule has 124 valence electrons. The molecule has 9 heteroatoms. The zero-order chi connectivity index (χ0) is 17.0. The van der Waals surface area contributed by atoms with Crippen LogP contribution < -0.4 is 15.8 Å². The summed E-state index contributed by atoms with van der Waals surface area (Å²) in [6.07, 6.45) is 0.149. The number of amides is 2. The first-order chi connectivity index (χ1) is 10.9. The maximum atomic E-state index is 11.8. The number of hydrogen-bond acceptors (Lipinski definition) is 6. The minimum atomic E-state index is -0.501. The number of nitro benzene ring substituents is 1.